The maximum absolute atomic E-state index is 12.1. The van der Waals surface area contributed by atoms with Crippen molar-refractivity contribution in [3.63, 3.8) is 0 Å². The molecule has 2 aliphatic heterocycles. The van der Waals surface area contributed by atoms with Crippen molar-refractivity contribution in [2.24, 2.45) is 0 Å². The molecular weight excluding hydrogens is 294 g/mol. The van der Waals surface area contributed by atoms with Crippen molar-refractivity contribution < 1.29 is 19.0 Å². The van der Waals surface area contributed by atoms with E-state index >= 15 is 0 Å². The lowest BCUT2D eigenvalue weighted by molar-refractivity contribution is 0.0493. The molecule has 0 amide bonds. The second kappa shape index (κ2) is 8.20. The first-order valence-corrected chi connectivity index (χ1v) is 8.62. The molecule has 1 saturated heterocycles. The first kappa shape index (κ1) is 16.1. The van der Waals surface area contributed by atoms with Crippen molar-refractivity contribution >= 4 is 5.97 Å². The molecule has 23 heavy (non-hydrogen) atoms. The van der Waals surface area contributed by atoms with Crippen LogP contribution in [0.2, 0.25) is 0 Å². The highest BCUT2D eigenvalue weighted by molar-refractivity contribution is 5.90. The number of ether oxygens (including phenoxy) is 3. The molecule has 2 aliphatic rings. The molecule has 1 aromatic carbocycles. The predicted octanol–water partition coefficient (Wildman–Crippen LogP) is 2.88. The monoisotopic (exact) mass is 319 g/mol. The molecular formula is C18H25NO4. The number of hydrogen-bond donors (Lipinski definition) is 0. The van der Waals surface area contributed by atoms with Gasteiger partial charge in [-0.3, -0.25) is 0 Å². The van der Waals surface area contributed by atoms with Crippen LogP contribution in [0.25, 0.3) is 0 Å². The van der Waals surface area contributed by atoms with E-state index in [-0.39, 0.29) is 5.97 Å². The summed E-state index contributed by atoms with van der Waals surface area (Å²) in [6.45, 7) is 5.09. The van der Waals surface area contributed by atoms with Crippen molar-refractivity contribution in [3.8, 4) is 11.5 Å². The zero-order valence-corrected chi connectivity index (χ0v) is 13.6. The lowest BCUT2D eigenvalue weighted by Crippen LogP contribution is -2.30. The maximum atomic E-state index is 12.1. The van der Waals surface area contributed by atoms with Crippen LogP contribution >= 0.6 is 0 Å². The van der Waals surface area contributed by atoms with Gasteiger partial charge in [-0.25, -0.2) is 4.79 Å². The van der Waals surface area contributed by atoms with Crippen LogP contribution in [0.3, 0.4) is 0 Å². The van der Waals surface area contributed by atoms with Crippen LogP contribution in [0.5, 0.6) is 11.5 Å². The van der Waals surface area contributed by atoms with Gasteiger partial charge in [0, 0.05) is 0 Å². The summed E-state index contributed by atoms with van der Waals surface area (Å²) < 4.78 is 16.3. The van der Waals surface area contributed by atoms with Crippen LogP contribution in [0.4, 0.5) is 0 Å². The van der Waals surface area contributed by atoms with E-state index in [4.69, 9.17) is 14.2 Å². The van der Waals surface area contributed by atoms with E-state index in [0.717, 1.165) is 19.4 Å². The molecule has 0 bridgehead atoms. The van der Waals surface area contributed by atoms with E-state index in [9.17, 15) is 4.79 Å². The molecule has 0 N–H and O–H groups in total. The Morgan fingerprint density at radius 1 is 1.04 bits per heavy atom. The molecule has 3 rings (SSSR count). The summed E-state index contributed by atoms with van der Waals surface area (Å²) in [5.74, 6) is 1.02. The highest BCUT2D eigenvalue weighted by atomic mass is 16.6. The summed E-state index contributed by atoms with van der Waals surface area (Å²) in [5.41, 5.74) is 0.519. The normalized spacial score (nSPS) is 17.7. The average molecular weight is 319 g/mol. The van der Waals surface area contributed by atoms with Gasteiger partial charge < -0.3 is 19.1 Å². The summed E-state index contributed by atoms with van der Waals surface area (Å²) >= 11 is 0. The van der Waals surface area contributed by atoms with Crippen LogP contribution in [0.1, 0.15) is 42.5 Å². The summed E-state index contributed by atoms with van der Waals surface area (Å²) in [7, 11) is 0. The number of hydrogen-bond acceptors (Lipinski definition) is 5. The third-order valence-corrected chi connectivity index (χ3v) is 4.33. The van der Waals surface area contributed by atoms with Gasteiger partial charge in [0.15, 0.2) is 11.5 Å². The van der Waals surface area contributed by atoms with Crippen molar-refractivity contribution in [1.29, 1.82) is 0 Å². The lowest BCUT2D eigenvalue weighted by atomic mass is 10.1. The molecule has 0 aromatic heterocycles. The fourth-order valence-corrected chi connectivity index (χ4v) is 3.04. The number of likely N-dealkylation sites (tertiary alicyclic amines) is 1. The van der Waals surface area contributed by atoms with Gasteiger partial charge in [0.25, 0.3) is 0 Å². The number of rotatable bonds is 6. The Balaban J connectivity index is 1.37. The minimum atomic E-state index is -0.292. The van der Waals surface area contributed by atoms with Crippen LogP contribution in [-0.2, 0) is 4.74 Å². The predicted molar refractivity (Wildman–Crippen MR) is 87.2 cm³/mol. The van der Waals surface area contributed by atoms with E-state index < -0.39 is 0 Å². The second-order valence-electron chi connectivity index (χ2n) is 6.10. The molecule has 0 aliphatic carbocycles. The van der Waals surface area contributed by atoms with Crippen molar-refractivity contribution in [2.75, 3.05) is 39.5 Å². The van der Waals surface area contributed by atoms with Gasteiger partial charge >= 0.3 is 5.97 Å². The molecule has 0 spiro atoms. The number of carbonyl (C=O) groups is 1. The fourth-order valence-electron chi connectivity index (χ4n) is 3.04. The fraction of sp³-hybridized carbons (Fsp3) is 0.611. The van der Waals surface area contributed by atoms with Gasteiger partial charge in [-0.15, -0.1) is 0 Å². The largest absolute Gasteiger partial charge is 0.486 e. The Kier molecular flexibility index (Phi) is 5.75. The molecule has 5 heteroatoms. The zero-order valence-electron chi connectivity index (χ0n) is 13.6. The number of nitrogens with zero attached hydrogens (tertiary/aromatic N) is 1. The van der Waals surface area contributed by atoms with Crippen LogP contribution in [-0.4, -0.2) is 50.3 Å². The maximum Gasteiger partial charge on any atom is 0.338 e. The second-order valence-corrected chi connectivity index (χ2v) is 6.10. The smallest absolute Gasteiger partial charge is 0.338 e. The number of esters is 1. The minimum Gasteiger partial charge on any atom is -0.486 e. The van der Waals surface area contributed by atoms with E-state index in [1.54, 1.807) is 18.2 Å². The SMILES string of the molecule is O=C(OCCCCN1CCCCC1)c1ccc2c(c1)OCCO2. The van der Waals surface area contributed by atoms with E-state index in [0.29, 0.717) is 36.9 Å². The Morgan fingerprint density at radius 3 is 2.65 bits per heavy atom. The Bertz CT molecular complexity index is 526. The Labute approximate surface area is 137 Å². The molecule has 1 fully saturated rings. The standard InChI is InChI=1S/C18H25NO4/c20-18(15-6-7-16-17(14-15)22-13-12-21-16)23-11-5-4-10-19-8-2-1-3-9-19/h6-7,14H,1-5,8-13H2. The lowest BCUT2D eigenvalue weighted by Gasteiger charge is -2.26. The molecule has 0 atom stereocenters. The van der Waals surface area contributed by atoms with Gasteiger partial charge in [-0.05, 0) is 63.5 Å². The van der Waals surface area contributed by atoms with E-state index in [2.05, 4.69) is 4.90 Å². The number of piperidine rings is 1. The molecule has 126 valence electrons. The summed E-state index contributed by atoms with van der Waals surface area (Å²) in [6.07, 6.45) is 5.99. The molecule has 5 nitrogen and oxygen atoms in total. The topological polar surface area (TPSA) is 48.0 Å². The molecule has 0 saturated carbocycles. The van der Waals surface area contributed by atoms with Crippen molar-refractivity contribution in [3.05, 3.63) is 23.8 Å². The van der Waals surface area contributed by atoms with Gasteiger partial charge in [0.05, 0.1) is 12.2 Å². The van der Waals surface area contributed by atoms with Crippen molar-refractivity contribution in [1.82, 2.24) is 4.90 Å². The molecule has 1 aromatic rings. The quantitative estimate of drug-likeness (QED) is 0.596. The van der Waals surface area contributed by atoms with Crippen LogP contribution in [0, 0.1) is 0 Å². The van der Waals surface area contributed by atoms with E-state index in [1.165, 1.54) is 32.4 Å². The van der Waals surface area contributed by atoms with Crippen LogP contribution in [0.15, 0.2) is 18.2 Å². The zero-order chi connectivity index (χ0) is 15.9. The Morgan fingerprint density at radius 2 is 1.83 bits per heavy atom. The summed E-state index contributed by atoms with van der Waals surface area (Å²) in [5, 5.41) is 0. The van der Waals surface area contributed by atoms with Gasteiger partial charge in [-0.1, -0.05) is 6.42 Å². The van der Waals surface area contributed by atoms with Gasteiger partial charge in [-0.2, -0.15) is 0 Å². The third-order valence-electron chi connectivity index (χ3n) is 4.33. The number of unbranched alkanes of at least 4 members (excludes halogenated alkanes) is 1. The number of carbonyl (C=O) groups excluding carboxylic acids is 1. The molecule has 0 unspecified atom stereocenters. The number of benzene rings is 1. The first-order chi connectivity index (χ1) is 11.3. The highest BCUT2D eigenvalue weighted by Crippen LogP contribution is 2.30. The van der Waals surface area contributed by atoms with Gasteiger partial charge in [0.2, 0.25) is 0 Å². The minimum absolute atomic E-state index is 0.292. The Hall–Kier alpha value is -1.75. The van der Waals surface area contributed by atoms with Crippen LogP contribution < -0.4 is 9.47 Å². The van der Waals surface area contributed by atoms with E-state index in [1.807, 2.05) is 0 Å². The molecule has 2 heterocycles. The summed E-state index contributed by atoms with van der Waals surface area (Å²) in [6, 6.07) is 5.19. The average Bonchev–Trinajstić information content (AvgIpc) is 2.61. The third kappa shape index (κ3) is 4.61. The molecule has 0 radical (unpaired) electrons. The first-order valence-electron chi connectivity index (χ1n) is 8.62. The number of fused-ring (bicyclic) bond motifs is 1. The van der Waals surface area contributed by atoms with Crippen molar-refractivity contribution in [2.45, 2.75) is 32.1 Å². The highest BCUT2D eigenvalue weighted by Gasteiger charge is 2.15. The van der Waals surface area contributed by atoms with Gasteiger partial charge in [0.1, 0.15) is 13.2 Å². The summed E-state index contributed by atoms with van der Waals surface area (Å²) in [4.78, 5) is 14.6.